The number of nitrogens with zero attached hydrogens (tertiary/aromatic N) is 2. The van der Waals surface area contributed by atoms with Crippen LogP contribution in [0.5, 0.6) is 5.75 Å². The zero-order chi connectivity index (χ0) is 17.6. The van der Waals surface area contributed by atoms with Crippen molar-refractivity contribution in [3.63, 3.8) is 0 Å². The Bertz CT molecular complexity index is 854. The fourth-order valence-corrected chi connectivity index (χ4v) is 2.22. The van der Waals surface area contributed by atoms with Crippen LogP contribution >= 0.6 is 0 Å². The van der Waals surface area contributed by atoms with Gasteiger partial charge >= 0.3 is 0 Å². The summed E-state index contributed by atoms with van der Waals surface area (Å²) in [5, 5.41) is 6.00. The van der Waals surface area contributed by atoms with Gasteiger partial charge in [0.05, 0.1) is 12.3 Å². The molecule has 0 bridgehead atoms. The van der Waals surface area contributed by atoms with E-state index in [1.807, 2.05) is 31.2 Å². The normalized spacial score (nSPS) is 10.3. The maximum Gasteiger partial charge on any atom is 0.159 e. The molecule has 0 atom stereocenters. The van der Waals surface area contributed by atoms with Crippen molar-refractivity contribution >= 4 is 28.7 Å². The Kier molecular flexibility index (Phi) is 4.94. The number of benzene rings is 2. The number of halogens is 1. The molecule has 128 valence electrons. The third kappa shape index (κ3) is 3.95. The molecule has 0 unspecified atom stereocenters. The predicted octanol–water partition coefficient (Wildman–Crippen LogP) is 4.08. The minimum absolute atomic E-state index is 0.291. The summed E-state index contributed by atoms with van der Waals surface area (Å²) in [6.07, 6.45) is 1.36. The van der Waals surface area contributed by atoms with E-state index >= 15 is 0 Å². The molecule has 0 fully saturated rings. The van der Waals surface area contributed by atoms with E-state index < -0.39 is 0 Å². The fraction of sp³-hybridized carbons (Fsp3) is 0.111. The predicted molar refractivity (Wildman–Crippen MR) is 97.0 cm³/mol. The molecule has 2 aromatic carbocycles. The third-order valence-electron chi connectivity index (χ3n) is 3.44. The maximum atomic E-state index is 13.8. The van der Waals surface area contributed by atoms with Gasteiger partial charge in [0, 0.05) is 5.69 Å². The lowest BCUT2D eigenvalue weighted by molar-refractivity contribution is 0.340. The molecular weight excluding hydrogens is 321 g/mol. The lowest BCUT2D eigenvalue weighted by Crippen LogP contribution is -2.05. The lowest BCUT2D eigenvalue weighted by Gasteiger charge is -2.13. The number of aromatic nitrogens is 2. The van der Waals surface area contributed by atoms with Gasteiger partial charge in [0.25, 0.3) is 0 Å². The molecule has 0 saturated carbocycles. The van der Waals surface area contributed by atoms with Crippen LogP contribution in [0.25, 0.3) is 0 Å². The smallest absolute Gasteiger partial charge is 0.159 e. The standard InChI is InChI=1S/C18H18FN5O/c1-2-25-13-9-7-12(8-10-13)23-17-16(20)18(22-11-21-17)24-15-6-4-3-5-14(15)19/h3-11H,2,20H2,1H3,(H2,21,22,23,24). The summed E-state index contributed by atoms with van der Waals surface area (Å²) < 4.78 is 19.2. The molecule has 1 heterocycles. The van der Waals surface area contributed by atoms with Crippen molar-refractivity contribution in [3.8, 4) is 5.75 Å². The highest BCUT2D eigenvalue weighted by Gasteiger charge is 2.10. The molecule has 1 aromatic heterocycles. The molecule has 3 aromatic rings. The van der Waals surface area contributed by atoms with E-state index in [9.17, 15) is 4.39 Å². The molecule has 0 aliphatic rings. The summed E-state index contributed by atoms with van der Waals surface area (Å²) >= 11 is 0. The molecule has 0 saturated heterocycles. The van der Waals surface area contributed by atoms with Crippen molar-refractivity contribution < 1.29 is 9.13 Å². The summed E-state index contributed by atoms with van der Waals surface area (Å²) in [5.41, 5.74) is 7.49. The largest absolute Gasteiger partial charge is 0.494 e. The maximum absolute atomic E-state index is 13.8. The van der Waals surface area contributed by atoms with Gasteiger partial charge < -0.3 is 21.1 Å². The molecule has 7 heteroatoms. The molecule has 6 nitrogen and oxygen atoms in total. The second-order valence-corrected chi connectivity index (χ2v) is 5.17. The minimum Gasteiger partial charge on any atom is -0.494 e. The van der Waals surface area contributed by atoms with Gasteiger partial charge in [-0.05, 0) is 43.3 Å². The average Bonchev–Trinajstić information content (AvgIpc) is 2.62. The number of nitrogen functional groups attached to an aromatic ring is 1. The first-order chi connectivity index (χ1) is 12.2. The van der Waals surface area contributed by atoms with Gasteiger partial charge in [-0.3, -0.25) is 0 Å². The average molecular weight is 339 g/mol. The highest BCUT2D eigenvalue weighted by Crippen LogP contribution is 2.29. The first-order valence-electron chi connectivity index (χ1n) is 7.79. The van der Waals surface area contributed by atoms with Crippen LogP contribution in [0.2, 0.25) is 0 Å². The van der Waals surface area contributed by atoms with E-state index in [0.717, 1.165) is 11.4 Å². The molecule has 0 amide bonds. The number of anilines is 5. The Balaban J connectivity index is 1.80. The summed E-state index contributed by atoms with van der Waals surface area (Å²) in [6, 6.07) is 13.7. The molecule has 25 heavy (non-hydrogen) atoms. The number of ether oxygens (including phenoxy) is 1. The first-order valence-corrected chi connectivity index (χ1v) is 7.79. The molecule has 0 aliphatic heterocycles. The number of para-hydroxylation sites is 1. The van der Waals surface area contributed by atoms with E-state index in [1.165, 1.54) is 12.4 Å². The Morgan fingerprint density at radius 1 is 1.00 bits per heavy atom. The van der Waals surface area contributed by atoms with Gasteiger partial charge in [-0.2, -0.15) is 0 Å². The number of nitrogens with one attached hydrogen (secondary N) is 2. The van der Waals surface area contributed by atoms with E-state index in [0.29, 0.717) is 29.6 Å². The van der Waals surface area contributed by atoms with Gasteiger partial charge in [-0.25, -0.2) is 14.4 Å². The van der Waals surface area contributed by atoms with Gasteiger partial charge in [0.2, 0.25) is 0 Å². The molecule has 0 aliphatic carbocycles. The molecule has 0 radical (unpaired) electrons. The third-order valence-corrected chi connectivity index (χ3v) is 3.44. The lowest BCUT2D eigenvalue weighted by atomic mass is 10.3. The minimum atomic E-state index is -0.387. The highest BCUT2D eigenvalue weighted by atomic mass is 19.1. The summed E-state index contributed by atoms with van der Waals surface area (Å²) in [6.45, 7) is 2.54. The van der Waals surface area contributed by atoms with Crippen molar-refractivity contribution in [3.05, 3.63) is 60.7 Å². The van der Waals surface area contributed by atoms with E-state index in [4.69, 9.17) is 10.5 Å². The van der Waals surface area contributed by atoms with Crippen LogP contribution < -0.4 is 21.1 Å². The van der Waals surface area contributed by atoms with Crippen LogP contribution in [0.3, 0.4) is 0 Å². The monoisotopic (exact) mass is 339 g/mol. The Morgan fingerprint density at radius 3 is 2.36 bits per heavy atom. The van der Waals surface area contributed by atoms with E-state index in [-0.39, 0.29) is 5.82 Å². The second-order valence-electron chi connectivity index (χ2n) is 5.17. The quantitative estimate of drug-likeness (QED) is 0.627. The second kappa shape index (κ2) is 7.48. The van der Waals surface area contributed by atoms with Gasteiger partial charge in [0.1, 0.15) is 23.6 Å². The Hall–Kier alpha value is -3.35. The zero-order valence-corrected chi connectivity index (χ0v) is 13.7. The first kappa shape index (κ1) is 16.5. The molecular formula is C18H18FN5O. The van der Waals surface area contributed by atoms with Crippen LogP contribution in [-0.4, -0.2) is 16.6 Å². The van der Waals surface area contributed by atoms with Crippen LogP contribution in [0.15, 0.2) is 54.9 Å². The molecule has 4 N–H and O–H groups in total. The molecule has 3 rings (SSSR count). The summed E-state index contributed by atoms with van der Waals surface area (Å²) in [7, 11) is 0. The SMILES string of the molecule is CCOc1ccc(Nc2ncnc(Nc3ccccc3F)c2N)cc1. The van der Waals surface area contributed by atoms with Crippen LogP contribution in [-0.2, 0) is 0 Å². The van der Waals surface area contributed by atoms with Crippen molar-refractivity contribution in [2.45, 2.75) is 6.92 Å². The van der Waals surface area contributed by atoms with Crippen molar-refractivity contribution in [2.75, 3.05) is 23.0 Å². The van der Waals surface area contributed by atoms with Crippen molar-refractivity contribution in [1.29, 1.82) is 0 Å². The van der Waals surface area contributed by atoms with E-state index in [1.54, 1.807) is 18.2 Å². The van der Waals surface area contributed by atoms with Crippen LogP contribution in [0, 0.1) is 5.82 Å². The summed E-state index contributed by atoms with van der Waals surface area (Å²) in [5.74, 6) is 1.15. The zero-order valence-electron chi connectivity index (χ0n) is 13.7. The topological polar surface area (TPSA) is 85.1 Å². The van der Waals surface area contributed by atoms with Crippen LogP contribution in [0.4, 0.5) is 33.1 Å². The van der Waals surface area contributed by atoms with Crippen molar-refractivity contribution in [1.82, 2.24) is 9.97 Å². The Morgan fingerprint density at radius 2 is 1.68 bits per heavy atom. The summed E-state index contributed by atoms with van der Waals surface area (Å²) in [4.78, 5) is 8.23. The number of nitrogens with two attached hydrogens (primary N) is 1. The van der Waals surface area contributed by atoms with Crippen molar-refractivity contribution in [2.24, 2.45) is 0 Å². The Labute approximate surface area is 144 Å². The molecule has 0 spiro atoms. The van der Waals surface area contributed by atoms with E-state index in [2.05, 4.69) is 20.6 Å². The van der Waals surface area contributed by atoms with Crippen LogP contribution in [0.1, 0.15) is 6.92 Å². The number of hydrogen-bond acceptors (Lipinski definition) is 6. The number of hydrogen-bond donors (Lipinski definition) is 3. The van der Waals surface area contributed by atoms with Gasteiger partial charge in [0.15, 0.2) is 11.6 Å². The van der Waals surface area contributed by atoms with Gasteiger partial charge in [-0.15, -0.1) is 0 Å². The highest BCUT2D eigenvalue weighted by molar-refractivity contribution is 5.80. The number of rotatable bonds is 6. The fourth-order valence-electron chi connectivity index (χ4n) is 2.22. The van der Waals surface area contributed by atoms with Gasteiger partial charge in [-0.1, -0.05) is 12.1 Å².